The fourth-order valence-corrected chi connectivity index (χ4v) is 4.69. The van der Waals surface area contributed by atoms with Crippen LogP contribution in [0, 0.1) is 16.7 Å². The largest absolute Gasteiger partial charge is 0.493 e. The number of halogens is 1. The summed E-state index contributed by atoms with van der Waals surface area (Å²) in [6.45, 7) is 0.313. The molecular formula is C15H18ClNO3S. The van der Waals surface area contributed by atoms with Crippen molar-refractivity contribution < 1.29 is 13.2 Å². The Morgan fingerprint density at radius 1 is 1.29 bits per heavy atom. The first-order valence-electron chi connectivity index (χ1n) is 6.98. The molecule has 1 aliphatic carbocycles. The Hall–Kier alpha value is -1.25. The monoisotopic (exact) mass is 327 g/mol. The van der Waals surface area contributed by atoms with Crippen LogP contribution in [0.25, 0.3) is 0 Å². The predicted octanol–water partition coefficient (Wildman–Crippen LogP) is 3.46. The summed E-state index contributed by atoms with van der Waals surface area (Å²) in [6.07, 6.45) is 4.71. The van der Waals surface area contributed by atoms with Gasteiger partial charge in [0, 0.05) is 16.1 Å². The lowest BCUT2D eigenvalue weighted by atomic mass is 9.76. The van der Waals surface area contributed by atoms with Crippen molar-refractivity contribution in [1.29, 1.82) is 5.26 Å². The molecule has 0 saturated heterocycles. The smallest absolute Gasteiger partial charge is 0.233 e. The Balaban J connectivity index is 2.10. The highest BCUT2D eigenvalue weighted by Gasteiger charge is 2.37. The minimum Gasteiger partial charge on any atom is -0.493 e. The topological polar surface area (TPSA) is 67.2 Å². The average molecular weight is 328 g/mol. The van der Waals surface area contributed by atoms with E-state index in [1.165, 1.54) is 0 Å². The molecule has 0 aliphatic heterocycles. The summed E-state index contributed by atoms with van der Waals surface area (Å²) in [4.78, 5) is 0. The molecule has 21 heavy (non-hydrogen) atoms. The van der Waals surface area contributed by atoms with E-state index in [1.807, 2.05) is 0 Å². The molecule has 1 saturated carbocycles. The standard InChI is InChI=1S/C15H18ClNO3S/c16-21(18,19)12-15(7-2-1-3-8-15)11-20-14-6-4-5-13(9-14)10-17/h4-6,9H,1-3,7-8,11-12H2. The van der Waals surface area contributed by atoms with Crippen LogP contribution >= 0.6 is 10.7 Å². The maximum absolute atomic E-state index is 11.5. The molecule has 0 radical (unpaired) electrons. The molecule has 1 fully saturated rings. The van der Waals surface area contributed by atoms with Crippen LogP contribution in [0.15, 0.2) is 24.3 Å². The van der Waals surface area contributed by atoms with Gasteiger partial charge in [-0.15, -0.1) is 0 Å². The minimum absolute atomic E-state index is 0.0561. The Bertz CT molecular complexity index is 631. The van der Waals surface area contributed by atoms with E-state index in [2.05, 4.69) is 6.07 Å². The SMILES string of the molecule is N#Cc1cccc(OCC2(CS(=O)(=O)Cl)CCCCC2)c1. The molecule has 0 heterocycles. The second kappa shape index (κ2) is 6.67. The van der Waals surface area contributed by atoms with Crippen LogP contribution in [-0.2, 0) is 9.05 Å². The molecule has 0 aromatic heterocycles. The lowest BCUT2D eigenvalue weighted by Gasteiger charge is -2.35. The number of hydrogen-bond acceptors (Lipinski definition) is 4. The first-order chi connectivity index (χ1) is 9.92. The van der Waals surface area contributed by atoms with Crippen molar-refractivity contribution >= 4 is 19.7 Å². The first kappa shape index (κ1) is 16.1. The number of nitriles is 1. The quantitative estimate of drug-likeness (QED) is 0.777. The molecule has 0 N–H and O–H groups in total. The van der Waals surface area contributed by atoms with Gasteiger partial charge in [0.25, 0.3) is 0 Å². The molecule has 0 unspecified atom stereocenters. The van der Waals surface area contributed by atoms with Crippen LogP contribution in [-0.4, -0.2) is 20.8 Å². The van der Waals surface area contributed by atoms with Crippen molar-refractivity contribution in [2.24, 2.45) is 5.41 Å². The minimum atomic E-state index is -3.56. The van der Waals surface area contributed by atoms with E-state index in [9.17, 15) is 8.42 Å². The van der Waals surface area contributed by atoms with Crippen LogP contribution in [0.4, 0.5) is 0 Å². The fraction of sp³-hybridized carbons (Fsp3) is 0.533. The molecule has 0 spiro atoms. The van der Waals surface area contributed by atoms with E-state index >= 15 is 0 Å². The second-order valence-electron chi connectivity index (χ2n) is 5.67. The molecule has 1 aliphatic rings. The Kier molecular flexibility index (Phi) is 5.13. The maximum Gasteiger partial charge on any atom is 0.233 e. The summed E-state index contributed by atoms with van der Waals surface area (Å²) in [6, 6.07) is 8.94. The van der Waals surface area contributed by atoms with Crippen molar-refractivity contribution in [3.05, 3.63) is 29.8 Å². The predicted molar refractivity (Wildman–Crippen MR) is 81.8 cm³/mol. The molecule has 6 heteroatoms. The number of nitrogens with zero attached hydrogens (tertiary/aromatic N) is 1. The molecular weight excluding hydrogens is 310 g/mol. The summed E-state index contributed by atoms with van der Waals surface area (Å²) >= 11 is 0. The van der Waals surface area contributed by atoms with Crippen LogP contribution in [0.2, 0.25) is 0 Å². The number of benzene rings is 1. The molecule has 1 aromatic carbocycles. The molecule has 0 bridgehead atoms. The van der Waals surface area contributed by atoms with Crippen molar-refractivity contribution in [2.75, 3.05) is 12.4 Å². The molecule has 114 valence electrons. The van der Waals surface area contributed by atoms with Crippen molar-refractivity contribution in [3.63, 3.8) is 0 Å². The molecule has 4 nitrogen and oxygen atoms in total. The van der Waals surface area contributed by atoms with E-state index in [0.29, 0.717) is 17.9 Å². The number of ether oxygens (including phenoxy) is 1. The molecule has 0 atom stereocenters. The summed E-state index contributed by atoms with van der Waals surface area (Å²) in [5.74, 6) is 0.533. The van der Waals surface area contributed by atoms with Crippen molar-refractivity contribution in [2.45, 2.75) is 32.1 Å². The van der Waals surface area contributed by atoms with Gasteiger partial charge >= 0.3 is 0 Å². The number of rotatable bonds is 5. The summed E-state index contributed by atoms with van der Waals surface area (Å²) < 4.78 is 28.7. The highest BCUT2D eigenvalue weighted by atomic mass is 35.7. The van der Waals surface area contributed by atoms with Crippen LogP contribution in [0.1, 0.15) is 37.7 Å². The lowest BCUT2D eigenvalue weighted by Crippen LogP contribution is -2.36. The Morgan fingerprint density at radius 3 is 2.62 bits per heavy atom. The Morgan fingerprint density at radius 2 is 2.00 bits per heavy atom. The van der Waals surface area contributed by atoms with Crippen molar-refractivity contribution in [1.82, 2.24) is 0 Å². The molecule has 2 rings (SSSR count). The van der Waals surface area contributed by atoms with E-state index < -0.39 is 14.5 Å². The van der Waals surface area contributed by atoms with E-state index in [0.717, 1.165) is 32.1 Å². The van der Waals surface area contributed by atoms with Gasteiger partial charge in [0.05, 0.1) is 24.0 Å². The van der Waals surface area contributed by atoms with Gasteiger partial charge in [-0.2, -0.15) is 5.26 Å². The average Bonchev–Trinajstić information content (AvgIpc) is 2.45. The summed E-state index contributed by atoms with van der Waals surface area (Å²) in [5.41, 5.74) is 0.108. The third kappa shape index (κ3) is 4.90. The first-order valence-corrected chi connectivity index (χ1v) is 9.46. The van der Waals surface area contributed by atoms with Gasteiger partial charge in [-0.1, -0.05) is 25.3 Å². The van der Waals surface area contributed by atoms with Gasteiger partial charge in [-0.05, 0) is 31.0 Å². The molecule has 0 amide bonds. The normalized spacial score (nSPS) is 17.9. The van der Waals surface area contributed by atoms with Crippen LogP contribution < -0.4 is 4.74 Å². The fourth-order valence-electron chi connectivity index (χ4n) is 2.89. The van der Waals surface area contributed by atoms with E-state index in [-0.39, 0.29) is 5.75 Å². The maximum atomic E-state index is 11.5. The highest BCUT2D eigenvalue weighted by molar-refractivity contribution is 8.13. The zero-order chi connectivity index (χ0) is 15.3. The zero-order valence-electron chi connectivity index (χ0n) is 11.7. The lowest BCUT2D eigenvalue weighted by molar-refractivity contribution is 0.119. The highest BCUT2D eigenvalue weighted by Crippen LogP contribution is 2.38. The summed E-state index contributed by atoms with van der Waals surface area (Å²) in [5, 5.41) is 8.88. The van der Waals surface area contributed by atoms with Crippen LogP contribution in [0.5, 0.6) is 5.75 Å². The van der Waals surface area contributed by atoms with Gasteiger partial charge in [0.1, 0.15) is 5.75 Å². The number of hydrogen-bond donors (Lipinski definition) is 0. The van der Waals surface area contributed by atoms with Gasteiger partial charge in [0.2, 0.25) is 9.05 Å². The van der Waals surface area contributed by atoms with Gasteiger partial charge in [-0.25, -0.2) is 8.42 Å². The second-order valence-corrected chi connectivity index (χ2v) is 8.45. The third-order valence-corrected chi connectivity index (χ3v) is 5.19. The van der Waals surface area contributed by atoms with Crippen molar-refractivity contribution in [3.8, 4) is 11.8 Å². The summed E-state index contributed by atoms with van der Waals surface area (Å²) in [7, 11) is 1.90. The van der Waals surface area contributed by atoms with Gasteiger partial charge in [0.15, 0.2) is 0 Å². The van der Waals surface area contributed by atoms with Gasteiger partial charge in [-0.3, -0.25) is 0 Å². The molecule has 1 aromatic rings. The Labute approximate surface area is 130 Å². The van der Waals surface area contributed by atoms with E-state index in [4.69, 9.17) is 20.7 Å². The van der Waals surface area contributed by atoms with Crippen LogP contribution in [0.3, 0.4) is 0 Å². The third-order valence-electron chi connectivity index (χ3n) is 3.90. The zero-order valence-corrected chi connectivity index (χ0v) is 13.3. The van der Waals surface area contributed by atoms with E-state index in [1.54, 1.807) is 24.3 Å². The van der Waals surface area contributed by atoms with Gasteiger partial charge < -0.3 is 4.74 Å².